The molecule has 0 radical (unpaired) electrons. The van der Waals surface area contributed by atoms with Crippen LogP contribution in [-0.4, -0.2) is 38.6 Å². The number of anilines is 1. The van der Waals surface area contributed by atoms with Gasteiger partial charge in [0.25, 0.3) is 5.91 Å². The maximum absolute atomic E-state index is 14.1. The van der Waals surface area contributed by atoms with Gasteiger partial charge in [-0.3, -0.25) is 9.10 Å². The van der Waals surface area contributed by atoms with Gasteiger partial charge in [0.2, 0.25) is 10.0 Å². The van der Waals surface area contributed by atoms with E-state index in [0.717, 1.165) is 29.8 Å². The first kappa shape index (κ1) is 24.0. The van der Waals surface area contributed by atoms with Gasteiger partial charge in [0.15, 0.2) is 0 Å². The van der Waals surface area contributed by atoms with E-state index in [4.69, 9.17) is 0 Å². The van der Waals surface area contributed by atoms with E-state index in [1.165, 1.54) is 11.6 Å². The number of benzene rings is 3. The summed E-state index contributed by atoms with van der Waals surface area (Å²) < 4.78 is 40.1. The SMILES string of the molecule is CS(=O)(=O)N(Cc1ccccc1F)c1ccc(C(=O)N2CCC(Cc3ccccc3)CC2)cc1. The smallest absolute Gasteiger partial charge is 0.253 e. The fourth-order valence-electron chi connectivity index (χ4n) is 4.42. The van der Waals surface area contributed by atoms with Gasteiger partial charge in [0.05, 0.1) is 18.5 Å². The van der Waals surface area contributed by atoms with Crippen LogP contribution in [0.3, 0.4) is 0 Å². The topological polar surface area (TPSA) is 57.7 Å². The highest BCUT2D eigenvalue weighted by Gasteiger charge is 2.25. The van der Waals surface area contributed by atoms with E-state index in [0.29, 0.717) is 30.3 Å². The molecule has 1 fully saturated rings. The van der Waals surface area contributed by atoms with Crippen LogP contribution in [0.1, 0.15) is 34.3 Å². The van der Waals surface area contributed by atoms with Crippen LogP contribution in [0, 0.1) is 11.7 Å². The van der Waals surface area contributed by atoms with Crippen LogP contribution in [0.2, 0.25) is 0 Å². The molecule has 0 aliphatic carbocycles. The van der Waals surface area contributed by atoms with E-state index in [2.05, 4.69) is 24.3 Å². The molecule has 1 amide bonds. The zero-order valence-corrected chi connectivity index (χ0v) is 20.0. The van der Waals surface area contributed by atoms with Crippen LogP contribution < -0.4 is 4.31 Å². The third kappa shape index (κ3) is 5.83. The second-order valence-electron chi connectivity index (χ2n) is 8.83. The summed E-state index contributed by atoms with van der Waals surface area (Å²) in [5.74, 6) is 0.0545. The van der Waals surface area contributed by atoms with Gasteiger partial charge in [-0.05, 0) is 61.1 Å². The van der Waals surface area contributed by atoms with Crippen LogP contribution in [-0.2, 0) is 23.0 Å². The van der Waals surface area contributed by atoms with E-state index >= 15 is 0 Å². The summed E-state index contributed by atoms with van der Waals surface area (Å²) in [6.45, 7) is 1.30. The number of piperidine rings is 1. The van der Waals surface area contributed by atoms with Crippen LogP contribution >= 0.6 is 0 Å². The molecule has 0 spiro atoms. The van der Waals surface area contributed by atoms with Crippen molar-refractivity contribution in [2.75, 3.05) is 23.7 Å². The molecule has 1 aliphatic heterocycles. The summed E-state index contributed by atoms with van der Waals surface area (Å²) >= 11 is 0. The fourth-order valence-corrected chi connectivity index (χ4v) is 5.30. The van der Waals surface area contributed by atoms with Gasteiger partial charge in [-0.15, -0.1) is 0 Å². The Morgan fingerprint density at radius 1 is 0.941 bits per heavy atom. The first-order chi connectivity index (χ1) is 16.3. The van der Waals surface area contributed by atoms with E-state index < -0.39 is 15.8 Å². The minimum Gasteiger partial charge on any atom is -0.339 e. The minimum absolute atomic E-state index is 0.0512. The zero-order valence-electron chi connectivity index (χ0n) is 19.2. The van der Waals surface area contributed by atoms with Gasteiger partial charge < -0.3 is 4.90 Å². The fraction of sp³-hybridized carbons (Fsp3) is 0.296. The first-order valence-electron chi connectivity index (χ1n) is 11.5. The van der Waals surface area contributed by atoms with E-state index in [9.17, 15) is 17.6 Å². The lowest BCUT2D eigenvalue weighted by Gasteiger charge is -2.32. The average molecular weight is 481 g/mol. The van der Waals surface area contributed by atoms with Gasteiger partial charge in [0, 0.05) is 24.2 Å². The molecule has 34 heavy (non-hydrogen) atoms. The molecule has 178 valence electrons. The molecule has 3 aromatic rings. The zero-order chi connectivity index (χ0) is 24.1. The molecule has 0 aromatic heterocycles. The predicted molar refractivity (Wildman–Crippen MR) is 133 cm³/mol. The van der Waals surface area contributed by atoms with Crippen LogP contribution in [0.25, 0.3) is 0 Å². The summed E-state index contributed by atoms with van der Waals surface area (Å²) in [5, 5.41) is 0. The van der Waals surface area contributed by atoms with E-state index in [1.54, 1.807) is 42.5 Å². The Labute approximate surface area is 200 Å². The normalized spacial score (nSPS) is 14.7. The Morgan fingerprint density at radius 3 is 2.18 bits per heavy atom. The van der Waals surface area contributed by atoms with Crippen molar-refractivity contribution >= 4 is 21.6 Å². The second kappa shape index (κ2) is 10.4. The van der Waals surface area contributed by atoms with Crippen molar-refractivity contribution in [3.63, 3.8) is 0 Å². The second-order valence-corrected chi connectivity index (χ2v) is 10.7. The lowest BCUT2D eigenvalue weighted by Crippen LogP contribution is -2.39. The number of hydrogen-bond acceptors (Lipinski definition) is 3. The van der Waals surface area contributed by atoms with Crippen LogP contribution in [0.15, 0.2) is 78.9 Å². The molecule has 3 aromatic carbocycles. The Balaban J connectivity index is 1.41. The highest BCUT2D eigenvalue weighted by Crippen LogP contribution is 2.25. The van der Waals surface area contributed by atoms with Crippen LogP contribution in [0.4, 0.5) is 10.1 Å². The molecular formula is C27H29FN2O3S. The number of hydrogen-bond donors (Lipinski definition) is 0. The summed E-state index contributed by atoms with van der Waals surface area (Å²) in [6.07, 6.45) is 4.04. The Bertz CT molecular complexity index is 1220. The van der Waals surface area contributed by atoms with Crippen molar-refractivity contribution in [3.8, 4) is 0 Å². The molecule has 5 nitrogen and oxygen atoms in total. The number of halogens is 1. The highest BCUT2D eigenvalue weighted by molar-refractivity contribution is 7.92. The Kier molecular flexibility index (Phi) is 7.32. The van der Waals surface area contributed by atoms with Crippen molar-refractivity contribution in [3.05, 3.63) is 101 Å². The standard InChI is InChI=1S/C27H29FN2O3S/c1-34(32,33)30(20-24-9-5-6-10-26(24)28)25-13-11-23(12-14-25)27(31)29-17-15-22(16-18-29)19-21-7-3-2-4-8-21/h2-14,22H,15-20H2,1H3. The third-order valence-electron chi connectivity index (χ3n) is 6.34. The quantitative estimate of drug-likeness (QED) is 0.484. The van der Waals surface area contributed by atoms with Crippen molar-refractivity contribution in [1.29, 1.82) is 0 Å². The highest BCUT2D eigenvalue weighted by atomic mass is 32.2. The van der Waals surface area contributed by atoms with E-state index in [-0.39, 0.29) is 18.0 Å². The summed E-state index contributed by atoms with van der Waals surface area (Å²) in [5.41, 5.74) is 2.52. The summed E-state index contributed by atoms with van der Waals surface area (Å²) in [6, 6.07) is 23.0. The van der Waals surface area contributed by atoms with Crippen molar-refractivity contribution in [2.45, 2.75) is 25.8 Å². The third-order valence-corrected chi connectivity index (χ3v) is 7.48. The lowest BCUT2D eigenvalue weighted by molar-refractivity contribution is 0.0690. The molecule has 0 atom stereocenters. The summed E-state index contributed by atoms with van der Waals surface area (Å²) in [7, 11) is -3.65. The predicted octanol–water partition coefficient (Wildman–Crippen LogP) is 4.89. The van der Waals surface area contributed by atoms with Crippen molar-refractivity contribution < 1.29 is 17.6 Å². The van der Waals surface area contributed by atoms with Crippen molar-refractivity contribution in [1.82, 2.24) is 4.90 Å². The van der Waals surface area contributed by atoms with Gasteiger partial charge in [-0.2, -0.15) is 0 Å². The number of carbonyl (C=O) groups excluding carboxylic acids is 1. The first-order valence-corrected chi connectivity index (χ1v) is 13.3. The van der Waals surface area contributed by atoms with Gasteiger partial charge in [-0.25, -0.2) is 12.8 Å². The minimum atomic E-state index is -3.65. The molecule has 0 unspecified atom stereocenters. The van der Waals surface area contributed by atoms with Crippen molar-refractivity contribution in [2.24, 2.45) is 5.92 Å². The molecule has 1 saturated heterocycles. The lowest BCUT2D eigenvalue weighted by atomic mass is 9.90. The molecule has 0 N–H and O–H groups in total. The number of rotatable bonds is 7. The Hall–Kier alpha value is -3.19. The molecule has 4 rings (SSSR count). The van der Waals surface area contributed by atoms with Gasteiger partial charge in [0.1, 0.15) is 5.82 Å². The molecular weight excluding hydrogens is 451 g/mol. The average Bonchev–Trinajstić information content (AvgIpc) is 2.84. The van der Waals surface area contributed by atoms with Gasteiger partial charge >= 0.3 is 0 Å². The molecule has 0 saturated carbocycles. The molecule has 1 aliphatic rings. The maximum atomic E-state index is 14.1. The number of nitrogens with zero attached hydrogens (tertiary/aromatic N) is 2. The number of sulfonamides is 1. The molecule has 1 heterocycles. The maximum Gasteiger partial charge on any atom is 0.253 e. The van der Waals surface area contributed by atoms with E-state index in [1.807, 2.05) is 11.0 Å². The molecule has 0 bridgehead atoms. The molecule has 7 heteroatoms. The largest absolute Gasteiger partial charge is 0.339 e. The number of amides is 1. The summed E-state index contributed by atoms with van der Waals surface area (Å²) in [4.78, 5) is 14.9. The monoisotopic (exact) mass is 480 g/mol. The number of likely N-dealkylation sites (tertiary alicyclic amines) is 1. The van der Waals surface area contributed by atoms with Crippen LogP contribution in [0.5, 0.6) is 0 Å². The number of carbonyl (C=O) groups is 1. The Morgan fingerprint density at radius 2 is 1.56 bits per heavy atom. The van der Waals surface area contributed by atoms with Gasteiger partial charge in [-0.1, -0.05) is 48.5 Å².